The zero-order chi connectivity index (χ0) is 11.8. The number of urea groups is 1. The van der Waals surface area contributed by atoms with Crippen molar-refractivity contribution < 1.29 is 9.59 Å². The van der Waals surface area contributed by atoms with Crippen LogP contribution in [0.25, 0.3) is 0 Å². The number of rotatable bonds is 2. The molecule has 3 amide bonds. The summed E-state index contributed by atoms with van der Waals surface area (Å²) < 4.78 is 0. The van der Waals surface area contributed by atoms with Gasteiger partial charge in [-0.15, -0.1) is 12.4 Å². The van der Waals surface area contributed by atoms with Gasteiger partial charge in [-0.3, -0.25) is 9.69 Å². The monoisotopic (exact) mass is 261 g/mol. The van der Waals surface area contributed by atoms with Crippen molar-refractivity contribution in [1.82, 2.24) is 15.5 Å². The summed E-state index contributed by atoms with van der Waals surface area (Å²) in [5, 5.41) is 6.13. The smallest absolute Gasteiger partial charge is 0.323 e. The molecule has 2 fully saturated rings. The van der Waals surface area contributed by atoms with Crippen LogP contribution in [0, 0.1) is 5.92 Å². The molecule has 2 aliphatic rings. The fraction of sp³-hybridized carbons (Fsp3) is 0.818. The second kappa shape index (κ2) is 5.23. The number of imide groups is 1. The maximum atomic E-state index is 12.2. The average Bonchev–Trinajstić information content (AvgIpc) is 2.52. The molecule has 0 aromatic carbocycles. The second-order valence-corrected chi connectivity index (χ2v) is 4.73. The largest absolute Gasteiger partial charge is 0.325 e. The summed E-state index contributed by atoms with van der Waals surface area (Å²) in [5.74, 6) is 0.128. The van der Waals surface area contributed by atoms with Crippen molar-refractivity contribution in [2.24, 2.45) is 5.92 Å². The van der Waals surface area contributed by atoms with E-state index in [1.165, 1.54) is 4.90 Å². The molecule has 2 saturated heterocycles. The molecule has 0 aromatic rings. The van der Waals surface area contributed by atoms with E-state index in [-0.39, 0.29) is 30.3 Å². The van der Waals surface area contributed by atoms with Gasteiger partial charge in [-0.05, 0) is 33.2 Å². The van der Waals surface area contributed by atoms with Crippen LogP contribution in [0.4, 0.5) is 4.79 Å². The van der Waals surface area contributed by atoms with Gasteiger partial charge in [0.05, 0.1) is 0 Å². The molecule has 0 saturated carbocycles. The Morgan fingerprint density at radius 3 is 2.65 bits per heavy atom. The van der Waals surface area contributed by atoms with E-state index in [9.17, 15) is 9.59 Å². The average molecular weight is 262 g/mol. The predicted molar refractivity (Wildman–Crippen MR) is 67.2 cm³/mol. The first-order chi connectivity index (χ1) is 7.59. The highest BCUT2D eigenvalue weighted by Crippen LogP contribution is 2.30. The number of likely N-dealkylation sites (N-methyl/N-ethyl adjacent to an activating group) is 1. The molecular weight excluding hydrogens is 242 g/mol. The number of hydrogen-bond acceptors (Lipinski definition) is 3. The molecule has 0 aliphatic carbocycles. The number of carbonyl (C=O) groups excluding carboxylic acids is 2. The highest BCUT2D eigenvalue weighted by molar-refractivity contribution is 6.07. The first-order valence-electron chi connectivity index (χ1n) is 5.94. The van der Waals surface area contributed by atoms with Crippen molar-refractivity contribution in [1.29, 1.82) is 0 Å². The van der Waals surface area contributed by atoms with Crippen molar-refractivity contribution in [3.05, 3.63) is 0 Å². The summed E-state index contributed by atoms with van der Waals surface area (Å²) in [5.41, 5.74) is -0.708. The Balaban J connectivity index is 0.00000144. The molecule has 2 unspecified atom stereocenters. The highest BCUT2D eigenvalue weighted by atomic mass is 35.5. The summed E-state index contributed by atoms with van der Waals surface area (Å²) >= 11 is 0. The molecule has 5 nitrogen and oxygen atoms in total. The quantitative estimate of drug-likeness (QED) is 0.721. The molecular formula is C11H20ClN3O2. The highest BCUT2D eigenvalue weighted by Gasteiger charge is 2.51. The van der Waals surface area contributed by atoms with Gasteiger partial charge in [-0.25, -0.2) is 4.79 Å². The van der Waals surface area contributed by atoms with Crippen LogP contribution in [0.1, 0.15) is 26.7 Å². The molecule has 2 aliphatic heterocycles. The Bertz CT molecular complexity index is 318. The van der Waals surface area contributed by atoms with Crippen LogP contribution in [0.3, 0.4) is 0 Å². The van der Waals surface area contributed by atoms with Crippen LogP contribution >= 0.6 is 12.4 Å². The van der Waals surface area contributed by atoms with Crippen molar-refractivity contribution >= 4 is 24.3 Å². The molecule has 0 bridgehead atoms. The summed E-state index contributed by atoms with van der Waals surface area (Å²) in [7, 11) is 0. The third kappa shape index (κ3) is 2.26. The van der Waals surface area contributed by atoms with E-state index in [1.807, 2.05) is 13.8 Å². The Kier molecular flexibility index (Phi) is 4.38. The van der Waals surface area contributed by atoms with Crippen molar-refractivity contribution in [2.45, 2.75) is 32.2 Å². The third-order valence-electron chi connectivity index (χ3n) is 3.73. The normalized spacial score (nSPS) is 33.3. The van der Waals surface area contributed by atoms with E-state index >= 15 is 0 Å². The number of nitrogens with one attached hydrogen (secondary N) is 2. The van der Waals surface area contributed by atoms with E-state index in [0.717, 1.165) is 25.9 Å². The molecule has 2 N–H and O–H groups in total. The van der Waals surface area contributed by atoms with Crippen molar-refractivity contribution in [3.63, 3.8) is 0 Å². The van der Waals surface area contributed by atoms with E-state index < -0.39 is 5.54 Å². The first kappa shape index (κ1) is 14.3. The standard InChI is InChI=1S/C11H19N3O2.ClH/c1-3-14-9(15)11(2,13-10(14)16)8-5-4-6-12-7-8;/h8,12H,3-7H2,1-2H3,(H,13,16);1H. The number of piperidine rings is 1. The summed E-state index contributed by atoms with van der Waals surface area (Å²) in [4.78, 5) is 25.1. The minimum Gasteiger partial charge on any atom is -0.323 e. The lowest BCUT2D eigenvalue weighted by molar-refractivity contribution is -0.132. The van der Waals surface area contributed by atoms with E-state index in [2.05, 4.69) is 10.6 Å². The van der Waals surface area contributed by atoms with Crippen molar-refractivity contribution in [2.75, 3.05) is 19.6 Å². The Morgan fingerprint density at radius 2 is 2.18 bits per heavy atom. The van der Waals surface area contributed by atoms with Gasteiger partial charge in [0.1, 0.15) is 5.54 Å². The Hall–Kier alpha value is -0.810. The number of amides is 3. The minimum atomic E-state index is -0.708. The fourth-order valence-electron chi connectivity index (χ4n) is 2.62. The fourth-order valence-corrected chi connectivity index (χ4v) is 2.62. The number of halogens is 1. The van der Waals surface area contributed by atoms with Gasteiger partial charge in [0.15, 0.2) is 0 Å². The van der Waals surface area contributed by atoms with Crippen LogP contribution in [0.15, 0.2) is 0 Å². The lowest BCUT2D eigenvalue weighted by atomic mass is 9.80. The maximum Gasteiger partial charge on any atom is 0.325 e. The molecule has 98 valence electrons. The molecule has 0 spiro atoms. The molecule has 17 heavy (non-hydrogen) atoms. The lowest BCUT2D eigenvalue weighted by Crippen LogP contribution is -2.55. The van der Waals surface area contributed by atoms with Gasteiger partial charge < -0.3 is 10.6 Å². The SMILES string of the molecule is CCN1C(=O)NC(C)(C2CCCNC2)C1=O.Cl. The van der Waals surface area contributed by atoms with Gasteiger partial charge in [0, 0.05) is 19.0 Å². The van der Waals surface area contributed by atoms with E-state index in [4.69, 9.17) is 0 Å². The topological polar surface area (TPSA) is 61.4 Å². The number of hydrogen-bond donors (Lipinski definition) is 2. The van der Waals surface area contributed by atoms with Gasteiger partial charge in [0.25, 0.3) is 5.91 Å². The van der Waals surface area contributed by atoms with E-state index in [1.54, 1.807) is 0 Å². The third-order valence-corrected chi connectivity index (χ3v) is 3.73. The molecule has 2 atom stereocenters. The van der Waals surface area contributed by atoms with Crippen LogP contribution in [-0.2, 0) is 4.79 Å². The number of carbonyl (C=O) groups is 2. The number of nitrogens with zero attached hydrogens (tertiary/aromatic N) is 1. The van der Waals surface area contributed by atoms with Gasteiger partial charge >= 0.3 is 6.03 Å². The van der Waals surface area contributed by atoms with Crippen LogP contribution in [-0.4, -0.2) is 42.0 Å². The van der Waals surface area contributed by atoms with E-state index in [0.29, 0.717) is 6.54 Å². The first-order valence-corrected chi connectivity index (χ1v) is 5.94. The Labute approximate surface area is 108 Å². The predicted octanol–water partition coefficient (Wildman–Crippen LogP) is 0.738. The zero-order valence-electron chi connectivity index (χ0n) is 10.3. The van der Waals surface area contributed by atoms with Gasteiger partial charge in [-0.1, -0.05) is 0 Å². The van der Waals surface area contributed by atoms with Crippen LogP contribution in [0.5, 0.6) is 0 Å². The van der Waals surface area contributed by atoms with Crippen LogP contribution in [0.2, 0.25) is 0 Å². The summed E-state index contributed by atoms with van der Waals surface area (Å²) in [6.07, 6.45) is 2.06. The van der Waals surface area contributed by atoms with Gasteiger partial charge in [0.2, 0.25) is 0 Å². The van der Waals surface area contributed by atoms with Crippen LogP contribution < -0.4 is 10.6 Å². The molecule has 0 aromatic heterocycles. The van der Waals surface area contributed by atoms with Gasteiger partial charge in [-0.2, -0.15) is 0 Å². The summed E-state index contributed by atoms with van der Waals surface area (Å²) in [6, 6.07) is -0.249. The molecule has 2 rings (SSSR count). The zero-order valence-corrected chi connectivity index (χ0v) is 11.1. The molecule has 0 radical (unpaired) electrons. The minimum absolute atomic E-state index is 0. The molecule has 2 heterocycles. The molecule has 6 heteroatoms. The maximum absolute atomic E-state index is 12.2. The summed E-state index contributed by atoms with van der Waals surface area (Å²) in [6.45, 7) is 5.93. The van der Waals surface area contributed by atoms with Crippen molar-refractivity contribution in [3.8, 4) is 0 Å². The second-order valence-electron chi connectivity index (χ2n) is 4.73. The Morgan fingerprint density at radius 1 is 1.47 bits per heavy atom. The lowest BCUT2D eigenvalue weighted by Gasteiger charge is -2.34.